The molecule has 0 bridgehead atoms. The smallest absolute Gasteiger partial charge is 0.229 e. The van der Waals surface area contributed by atoms with Crippen molar-refractivity contribution in [2.24, 2.45) is 0 Å². The van der Waals surface area contributed by atoms with E-state index in [-0.39, 0.29) is 11.2 Å². The number of rotatable bonds is 7. The van der Waals surface area contributed by atoms with Crippen molar-refractivity contribution >= 4 is 23.7 Å². The van der Waals surface area contributed by atoms with Crippen molar-refractivity contribution in [3.05, 3.63) is 77.9 Å². The Morgan fingerprint density at radius 2 is 1.61 bits per heavy atom. The van der Waals surface area contributed by atoms with Gasteiger partial charge < -0.3 is 10.6 Å². The number of benzene rings is 2. The molecule has 0 amide bonds. The van der Waals surface area contributed by atoms with E-state index in [1.807, 2.05) is 62.3 Å². The molecule has 0 aliphatic heterocycles. The Morgan fingerprint density at radius 3 is 2.29 bits per heavy atom. The standard InChI is InChI=1S/C22H24N8S/c1-15(19-24-20(23)26-21(25-19)29(2)3)31-22-28-27-18(14-16-10-6-4-7-11-16)30(22)17-12-8-5-9-13-17/h4-13,15H,14H2,1-3H3,(H2,23,24,25,26)/t15-/m0/s1. The lowest BCUT2D eigenvalue weighted by Crippen LogP contribution is -2.16. The maximum atomic E-state index is 5.91. The van der Waals surface area contributed by atoms with Gasteiger partial charge in [-0.1, -0.05) is 60.3 Å². The molecule has 31 heavy (non-hydrogen) atoms. The van der Waals surface area contributed by atoms with Crippen LogP contribution in [0.15, 0.2) is 65.8 Å². The summed E-state index contributed by atoms with van der Waals surface area (Å²) in [6.07, 6.45) is 0.682. The zero-order valence-electron chi connectivity index (χ0n) is 17.7. The third-order valence-electron chi connectivity index (χ3n) is 4.62. The molecule has 0 aliphatic carbocycles. The lowest BCUT2D eigenvalue weighted by atomic mass is 10.1. The van der Waals surface area contributed by atoms with Crippen molar-refractivity contribution in [3.63, 3.8) is 0 Å². The number of anilines is 2. The van der Waals surface area contributed by atoms with Crippen LogP contribution in [0, 0.1) is 0 Å². The zero-order chi connectivity index (χ0) is 21.8. The second-order valence-corrected chi connectivity index (χ2v) is 8.55. The largest absolute Gasteiger partial charge is 0.368 e. The van der Waals surface area contributed by atoms with E-state index in [0.717, 1.165) is 16.7 Å². The number of thioether (sulfide) groups is 1. The van der Waals surface area contributed by atoms with Crippen molar-refractivity contribution in [1.82, 2.24) is 29.7 Å². The molecule has 0 radical (unpaired) electrons. The minimum Gasteiger partial charge on any atom is -0.368 e. The fourth-order valence-corrected chi connectivity index (χ4v) is 4.03. The van der Waals surface area contributed by atoms with Crippen LogP contribution in [-0.4, -0.2) is 43.8 Å². The molecule has 0 fully saturated rings. The minimum atomic E-state index is -0.0970. The summed E-state index contributed by atoms with van der Waals surface area (Å²) in [5.41, 5.74) is 8.10. The van der Waals surface area contributed by atoms with Crippen LogP contribution in [0.4, 0.5) is 11.9 Å². The van der Waals surface area contributed by atoms with E-state index in [0.29, 0.717) is 18.2 Å². The van der Waals surface area contributed by atoms with Gasteiger partial charge in [0.2, 0.25) is 11.9 Å². The maximum absolute atomic E-state index is 5.91. The summed E-state index contributed by atoms with van der Waals surface area (Å²) in [5.74, 6) is 2.21. The Bertz CT molecular complexity index is 1140. The molecule has 2 heterocycles. The van der Waals surface area contributed by atoms with Crippen LogP contribution in [0.25, 0.3) is 5.69 Å². The van der Waals surface area contributed by atoms with Gasteiger partial charge in [0.05, 0.1) is 5.25 Å². The summed E-state index contributed by atoms with van der Waals surface area (Å²) in [6, 6.07) is 20.4. The Kier molecular flexibility index (Phi) is 6.13. The molecule has 0 saturated heterocycles. The molecule has 4 aromatic rings. The molecular formula is C22H24N8S. The van der Waals surface area contributed by atoms with E-state index in [2.05, 4.69) is 54.0 Å². The predicted molar refractivity (Wildman–Crippen MR) is 123 cm³/mol. The number of hydrogen-bond acceptors (Lipinski definition) is 8. The molecule has 8 nitrogen and oxygen atoms in total. The van der Waals surface area contributed by atoms with Gasteiger partial charge in [0.25, 0.3) is 0 Å². The van der Waals surface area contributed by atoms with Gasteiger partial charge in [0, 0.05) is 26.2 Å². The molecule has 9 heteroatoms. The molecule has 4 rings (SSSR count). The van der Waals surface area contributed by atoms with Crippen molar-refractivity contribution in [1.29, 1.82) is 0 Å². The molecule has 1 atom stereocenters. The average molecular weight is 433 g/mol. The van der Waals surface area contributed by atoms with E-state index < -0.39 is 0 Å². The van der Waals surface area contributed by atoms with Gasteiger partial charge in [0.15, 0.2) is 5.16 Å². The minimum absolute atomic E-state index is 0.0970. The van der Waals surface area contributed by atoms with Crippen molar-refractivity contribution in [2.45, 2.75) is 23.8 Å². The lowest BCUT2D eigenvalue weighted by Gasteiger charge is -2.15. The Morgan fingerprint density at radius 1 is 0.935 bits per heavy atom. The third-order valence-corrected chi connectivity index (χ3v) is 5.66. The first-order chi connectivity index (χ1) is 15.0. The zero-order valence-corrected chi connectivity index (χ0v) is 18.5. The third kappa shape index (κ3) is 4.83. The Balaban J connectivity index is 1.68. The number of aromatic nitrogens is 6. The van der Waals surface area contributed by atoms with Crippen LogP contribution < -0.4 is 10.6 Å². The molecule has 0 saturated carbocycles. The van der Waals surface area contributed by atoms with Crippen molar-refractivity contribution < 1.29 is 0 Å². The van der Waals surface area contributed by atoms with E-state index in [1.165, 1.54) is 5.56 Å². The monoisotopic (exact) mass is 432 g/mol. The van der Waals surface area contributed by atoms with Crippen LogP contribution in [0.5, 0.6) is 0 Å². The highest BCUT2D eigenvalue weighted by molar-refractivity contribution is 7.99. The maximum Gasteiger partial charge on any atom is 0.229 e. The quantitative estimate of drug-likeness (QED) is 0.443. The van der Waals surface area contributed by atoms with E-state index >= 15 is 0 Å². The number of para-hydroxylation sites is 1. The van der Waals surface area contributed by atoms with Crippen LogP contribution in [0.2, 0.25) is 0 Å². The van der Waals surface area contributed by atoms with Crippen LogP contribution in [0.1, 0.15) is 29.4 Å². The summed E-state index contributed by atoms with van der Waals surface area (Å²) in [5, 5.41) is 9.68. The van der Waals surface area contributed by atoms with Crippen LogP contribution in [-0.2, 0) is 6.42 Å². The number of nitrogen functional groups attached to an aromatic ring is 1. The summed E-state index contributed by atoms with van der Waals surface area (Å²) in [7, 11) is 3.75. The average Bonchev–Trinajstić information content (AvgIpc) is 3.16. The summed E-state index contributed by atoms with van der Waals surface area (Å²) < 4.78 is 2.09. The first kappa shape index (κ1) is 20.8. The molecule has 2 aromatic carbocycles. The molecule has 0 spiro atoms. The van der Waals surface area contributed by atoms with Crippen LogP contribution in [0.3, 0.4) is 0 Å². The van der Waals surface area contributed by atoms with Gasteiger partial charge >= 0.3 is 0 Å². The Labute approximate surface area is 185 Å². The molecule has 2 N–H and O–H groups in total. The highest BCUT2D eigenvalue weighted by atomic mass is 32.2. The Hall–Kier alpha value is -3.46. The second kappa shape index (κ2) is 9.13. The van der Waals surface area contributed by atoms with Crippen molar-refractivity contribution in [2.75, 3.05) is 24.7 Å². The topological polar surface area (TPSA) is 98.6 Å². The molecule has 2 aromatic heterocycles. The molecular weight excluding hydrogens is 408 g/mol. The number of hydrogen-bond donors (Lipinski definition) is 1. The molecule has 158 valence electrons. The summed E-state index contributed by atoms with van der Waals surface area (Å²) in [6.45, 7) is 2.03. The normalized spacial score (nSPS) is 12.0. The van der Waals surface area contributed by atoms with E-state index in [9.17, 15) is 0 Å². The molecule has 0 unspecified atom stereocenters. The lowest BCUT2D eigenvalue weighted by molar-refractivity contribution is 0.828. The number of nitrogens with zero attached hydrogens (tertiary/aromatic N) is 7. The van der Waals surface area contributed by atoms with Gasteiger partial charge in [-0.15, -0.1) is 10.2 Å². The highest BCUT2D eigenvalue weighted by Crippen LogP contribution is 2.34. The summed E-state index contributed by atoms with van der Waals surface area (Å²) >= 11 is 1.54. The van der Waals surface area contributed by atoms with Crippen molar-refractivity contribution in [3.8, 4) is 5.69 Å². The van der Waals surface area contributed by atoms with E-state index in [1.54, 1.807) is 11.8 Å². The van der Waals surface area contributed by atoms with Gasteiger partial charge in [0.1, 0.15) is 11.6 Å². The fraction of sp³-hybridized carbons (Fsp3) is 0.227. The van der Waals surface area contributed by atoms with Gasteiger partial charge in [-0.2, -0.15) is 15.0 Å². The summed E-state index contributed by atoms with van der Waals surface area (Å²) in [4.78, 5) is 14.9. The second-order valence-electron chi connectivity index (χ2n) is 7.24. The van der Waals surface area contributed by atoms with Gasteiger partial charge in [-0.05, 0) is 24.6 Å². The first-order valence-corrected chi connectivity index (χ1v) is 10.8. The van der Waals surface area contributed by atoms with Crippen LogP contribution >= 0.6 is 11.8 Å². The SMILES string of the molecule is C[C@H](Sc1nnc(Cc2ccccc2)n1-c1ccccc1)c1nc(N)nc(N(C)C)n1. The van der Waals surface area contributed by atoms with E-state index in [4.69, 9.17) is 5.73 Å². The fourth-order valence-electron chi connectivity index (χ4n) is 3.10. The highest BCUT2D eigenvalue weighted by Gasteiger charge is 2.21. The van der Waals surface area contributed by atoms with Gasteiger partial charge in [-0.25, -0.2) is 0 Å². The van der Waals surface area contributed by atoms with Gasteiger partial charge in [-0.3, -0.25) is 4.57 Å². The molecule has 0 aliphatic rings. The first-order valence-electron chi connectivity index (χ1n) is 9.90. The number of nitrogens with two attached hydrogens (primary N) is 1. The predicted octanol–water partition coefficient (Wildman–Crippen LogP) is 3.54.